The van der Waals surface area contributed by atoms with E-state index in [0.29, 0.717) is 24.3 Å². The number of likely N-dealkylation sites (tertiary alicyclic amines) is 1. The number of halogens is 1. The van der Waals surface area contributed by atoms with Crippen molar-refractivity contribution < 1.29 is 28.9 Å². The molecule has 1 unspecified atom stereocenters. The molecule has 2 N–H and O–H groups in total. The van der Waals surface area contributed by atoms with Gasteiger partial charge in [-0.15, -0.1) is 0 Å². The summed E-state index contributed by atoms with van der Waals surface area (Å²) in [5.74, 6) is -2.24. The van der Waals surface area contributed by atoms with Crippen LogP contribution in [0.15, 0.2) is 42.0 Å². The van der Waals surface area contributed by atoms with E-state index < -0.39 is 23.5 Å². The quantitative estimate of drug-likeness (QED) is 0.389. The molecule has 7 nitrogen and oxygen atoms in total. The number of phenols is 1. The average molecular weight is 442 g/mol. The van der Waals surface area contributed by atoms with E-state index in [9.17, 15) is 24.2 Å². The highest BCUT2D eigenvalue weighted by Gasteiger charge is 2.46. The minimum absolute atomic E-state index is 0.0741. The molecule has 8 heteroatoms. The Labute approximate surface area is 186 Å². The number of Topliss-reactive ketones (excluding diaryl/α,β-unsaturated/α-hetero) is 1. The number of ether oxygens (including phenoxy) is 1. The fraction of sp³-hybridized carbons (Fsp3) is 0.333. The molecule has 1 amide bonds. The first kappa shape index (κ1) is 23.3. The SMILES string of the molecule is CCOc1cc(C2/C(=C(/O)c3ccc(F)c(C)c3)C(=O)C(=O)N2CCN(C)C)ccc1O. The standard InChI is InChI=1S/C24H27FN2O5/c1-5-32-19-13-15(7-9-18(19)28)21-20(22(29)16-6-8-17(25)14(2)12-16)23(30)24(31)27(21)11-10-26(3)4/h6-9,12-13,21,28-29H,5,10-11H2,1-4H3/b22-20-. The van der Waals surface area contributed by atoms with Crippen molar-refractivity contribution >= 4 is 17.4 Å². The zero-order valence-corrected chi connectivity index (χ0v) is 18.6. The molecule has 0 spiro atoms. The maximum atomic E-state index is 13.7. The Morgan fingerprint density at radius 2 is 1.91 bits per heavy atom. The molecule has 1 saturated heterocycles. The zero-order chi connectivity index (χ0) is 23.6. The zero-order valence-electron chi connectivity index (χ0n) is 18.6. The van der Waals surface area contributed by atoms with Crippen LogP contribution in [0.5, 0.6) is 11.5 Å². The first-order chi connectivity index (χ1) is 15.1. The molecule has 0 saturated carbocycles. The van der Waals surface area contributed by atoms with Gasteiger partial charge in [0, 0.05) is 18.7 Å². The largest absolute Gasteiger partial charge is 0.507 e. The molecular formula is C24H27FN2O5. The summed E-state index contributed by atoms with van der Waals surface area (Å²) in [5.41, 5.74) is 0.955. The molecule has 0 aliphatic carbocycles. The third kappa shape index (κ3) is 4.45. The molecule has 0 aromatic heterocycles. The van der Waals surface area contributed by atoms with Crippen molar-refractivity contribution in [3.05, 3.63) is 64.5 Å². The lowest BCUT2D eigenvalue weighted by atomic mass is 9.94. The predicted octanol–water partition coefficient (Wildman–Crippen LogP) is 3.22. The van der Waals surface area contributed by atoms with Crippen LogP contribution in [0.4, 0.5) is 4.39 Å². The first-order valence-electron chi connectivity index (χ1n) is 10.3. The lowest BCUT2D eigenvalue weighted by Crippen LogP contribution is -2.35. The van der Waals surface area contributed by atoms with E-state index >= 15 is 0 Å². The molecule has 1 atom stereocenters. The number of hydrogen-bond donors (Lipinski definition) is 2. The van der Waals surface area contributed by atoms with E-state index in [2.05, 4.69) is 0 Å². The summed E-state index contributed by atoms with van der Waals surface area (Å²) in [6.45, 7) is 4.37. The number of aryl methyl sites for hydroxylation is 1. The molecule has 1 fully saturated rings. The van der Waals surface area contributed by atoms with Crippen LogP contribution in [0.1, 0.15) is 29.7 Å². The summed E-state index contributed by atoms with van der Waals surface area (Å²) >= 11 is 0. The topological polar surface area (TPSA) is 90.3 Å². The van der Waals surface area contributed by atoms with Crippen molar-refractivity contribution in [3.8, 4) is 11.5 Å². The summed E-state index contributed by atoms with van der Waals surface area (Å²) in [6.07, 6.45) is 0. The van der Waals surface area contributed by atoms with Crippen molar-refractivity contribution in [1.82, 2.24) is 9.80 Å². The molecule has 2 aromatic rings. The third-order valence-electron chi connectivity index (χ3n) is 5.36. The number of amides is 1. The number of aliphatic hydroxyl groups is 1. The van der Waals surface area contributed by atoms with Gasteiger partial charge >= 0.3 is 0 Å². The Bertz CT molecular complexity index is 1080. The molecule has 3 rings (SSSR count). The number of carbonyl (C=O) groups excluding carboxylic acids is 2. The van der Waals surface area contributed by atoms with E-state index in [1.54, 1.807) is 26.0 Å². The lowest BCUT2D eigenvalue weighted by Gasteiger charge is -2.27. The number of aliphatic hydroxyl groups excluding tert-OH is 1. The van der Waals surface area contributed by atoms with Gasteiger partial charge in [0.2, 0.25) is 0 Å². The Kier molecular flexibility index (Phi) is 6.84. The number of likely N-dealkylation sites (N-methyl/N-ethyl adjacent to an activating group) is 1. The summed E-state index contributed by atoms with van der Waals surface area (Å²) in [4.78, 5) is 29.2. The highest BCUT2D eigenvalue weighted by atomic mass is 19.1. The summed E-state index contributed by atoms with van der Waals surface area (Å²) in [6, 6.07) is 7.67. The Balaban J connectivity index is 2.19. The van der Waals surface area contributed by atoms with Crippen molar-refractivity contribution in [2.45, 2.75) is 19.9 Å². The number of phenolic OH excluding ortho intramolecular Hbond substituents is 1. The number of nitrogens with zero attached hydrogens (tertiary/aromatic N) is 2. The number of carbonyl (C=O) groups is 2. The van der Waals surface area contributed by atoms with E-state index in [-0.39, 0.29) is 34.9 Å². The van der Waals surface area contributed by atoms with Crippen LogP contribution in [0, 0.1) is 12.7 Å². The van der Waals surface area contributed by atoms with E-state index in [1.165, 1.54) is 29.2 Å². The molecule has 0 radical (unpaired) electrons. The fourth-order valence-corrected chi connectivity index (χ4v) is 3.68. The molecule has 170 valence electrons. The van der Waals surface area contributed by atoms with Crippen LogP contribution in [-0.2, 0) is 9.59 Å². The van der Waals surface area contributed by atoms with Gasteiger partial charge in [0.1, 0.15) is 11.6 Å². The number of rotatable bonds is 7. The van der Waals surface area contributed by atoms with Crippen molar-refractivity contribution in [2.75, 3.05) is 33.8 Å². The third-order valence-corrected chi connectivity index (χ3v) is 5.36. The smallest absolute Gasteiger partial charge is 0.295 e. The second-order valence-corrected chi connectivity index (χ2v) is 7.92. The van der Waals surface area contributed by atoms with Gasteiger partial charge in [-0.3, -0.25) is 9.59 Å². The van der Waals surface area contributed by atoms with Gasteiger partial charge in [-0.2, -0.15) is 0 Å². The highest BCUT2D eigenvalue weighted by molar-refractivity contribution is 6.46. The number of hydrogen-bond acceptors (Lipinski definition) is 6. The van der Waals surface area contributed by atoms with Gasteiger partial charge in [0.05, 0.1) is 18.2 Å². The van der Waals surface area contributed by atoms with Crippen LogP contribution in [0.3, 0.4) is 0 Å². The van der Waals surface area contributed by atoms with Crippen molar-refractivity contribution in [1.29, 1.82) is 0 Å². The minimum atomic E-state index is -0.889. The van der Waals surface area contributed by atoms with Crippen LogP contribution in [0.25, 0.3) is 5.76 Å². The molecule has 2 aromatic carbocycles. The monoisotopic (exact) mass is 442 g/mol. The maximum Gasteiger partial charge on any atom is 0.295 e. The number of aromatic hydroxyl groups is 1. The highest BCUT2D eigenvalue weighted by Crippen LogP contribution is 2.41. The second kappa shape index (κ2) is 9.40. The summed E-state index contributed by atoms with van der Waals surface area (Å²) in [5, 5.41) is 21.1. The Hall–Kier alpha value is -3.39. The van der Waals surface area contributed by atoms with Gasteiger partial charge in [-0.05, 0) is 69.4 Å². The van der Waals surface area contributed by atoms with Gasteiger partial charge in [0.25, 0.3) is 11.7 Å². The molecule has 32 heavy (non-hydrogen) atoms. The van der Waals surface area contributed by atoms with Gasteiger partial charge in [0.15, 0.2) is 11.5 Å². The fourth-order valence-electron chi connectivity index (χ4n) is 3.68. The Morgan fingerprint density at radius 3 is 2.53 bits per heavy atom. The molecule has 1 aliphatic rings. The van der Waals surface area contributed by atoms with E-state index in [1.807, 2.05) is 19.0 Å². The normalized spacial score (nSPS) is 17.9. The van der Waals surface area contributed by atoms with E-state index in [4.69, 9.17) is 4.74 Å². The van der Waals surface area contributed by atoms with Crippen LogP contribution in [-0.4, -0.2) is 65.5 Å². The van der Waals surface area contributed by atoms with Crippen molar-refractivity contribution in [2.24, 2.45) is 0 Å². The van der Waals surface area contributed by atoms with Crippen LogP contribution in [0.2, 0.25) is 0 Å². The lowest BCUT2D eigenvalue weighted by molar-refractivity contribution is -0.140. The van der Waals surface area contributed by atoms with Crippen LogP contribution < -0.4 is 4.74 Å². The summed E-state index contributed by atoms with van der Waals surface area (Å²) < 4.78 is 19.2. The second-order valence-electron chi connectivity index (χ2n) is 7.92. The molecular weight excluding hydrogens is 415 g/mol. The summed E-state index contributed by atoms with van der Waals surface area (Å²) in [7, 11) is 3.70. The number of benzene rings is 2. The minimum Gasteiger partial charge on any atom is -0.507 e. The van der Waals surface area contributed by atoms with Gasteiger partial charge in [-0.25, -0.2) is 4.39 Å². The predicted molar refractivity (Wildman–Crippen MR) is 118 cm³/mol. The Morgan fingerprint density at radius 1 is 1.19 bits per heavy atom. The van der Waals surface area contributed by atoms with Crippen molar-refractivity contribution in [3.63, 3.8) is 0 Å². The van der Waals surface area contributed by atoms with E-state index in [0.717, 1.165) is 0 Å². The first-order valence-corrected chi connectivity index (χ1v) is 10.3. The van der Waals surface area contributed by atoms with Gasteiger partial charge in [-0.1, -0.05) is 6.07 Å². The molecule has 1 aliphatic heterocycles. The van der Waals surface area contributed by atoms with Crippen LogP contribution >= 0.6 is 0 Å². The van der Waals surface area contributed by atoms with Gasteiger partial charge < -0.3 is 24.7 Å². The average Bonchev–Trinajstić information content (AvgIpc) is 3.00. The molecule has 1 heterocycles. The molecule has 0 bridgehead atoms. The number of ketones is 1. The maximum absolute atomic E-state index is 13.7.